The molecule has 3 nitrogen and oxygen atoms in total. The summed E-state index contributed by atoms with van der Waals surface area (Å²) in [5, 5.41) is 8.71. The molecule has 0 radical (unpaired) electrons. The molecule has 1 aromatic carbocycles. The number of carbonyl (C=O) groups is 1. The highest BCUT2D eigenvalue weighted by molar-refractivity contribution is 5.68. The third kappa shape index (κ3) is 4.75. The van der Waals surface area contributed by atoms with E-state index < -0.39 is 17.7 Å². The van der Waals surface area contributed by atoms with E-state index in [9.17, 15) is 18.0 Å². The molecule has 0 bridgehead atoms. The van der Waals surface area contributed by atoms with Gasteiger partial charge in [0.1, 0.15) is 0 Å². The van der Waals surface area contributed by atoms with Crippen molar-refractivity contribution in [3.63, 3.8) is 0 Å². The van der Waals surface area contributed by atoms with Gasteiger partial charge in [-0.25, -0.2) is 0 Å². The van der Waals surface area contributed by atoms with Crippen LogP contribution in [-0.2, 0) is 11.0 Å². The Labute approximate surface area is 116 Å². The topological polar surface area (TPSA) is 40.5 Å². The van der Waals surface area contributed by atoms with Crippen molar-refractivity contribution in [3.8, 4) is 0 Å². The van der Waals surface area contributed by atoms with E-state index in [4.69, 9.17) is 5.11 Å². The summed E-state index contributed by atoms with van der Waals surface area (Å²) < 4.78 is 39.0. The zero-order valence-electron chi connectivity index (χ0n) is 11.3. The van der Waals surface area contributed by atoms with E-state index in [2.05, 4.69) is 0 Å². The number of carboxylic acid groups (broad SMARTS) is 1. The van der Waals surface area contributed by atoms with E-state index in [1.807, 2.05) is 6.92 Å². The molecule has 0 aliphatic heterocycles. The van der Waals surface area contributed by atoms with Crippen LogP contribution in [0.4, 0.5) is 18.9 Å². The van der Waals surface area contributed by atoms with Crippen LogP contribution in [0.25, 0.3) is 0 Å². The van der Waals surface area contributed by atoms with Crippen molar-refractivity contribution in [2.24, 2.45) is 0 Å². The molecular weight excluding hydrogens is 271 g/mol. The predicted molar refractivity (Wildman–Crippen MR) is 70.8 cm³/mol. The van der Waals surface area contributed by atoms with Gasteiger partial charge in [0.15, 0.2) is 0 Å². The van der Waals surface area contributed by atoms with Gasteiger partial charge in [-0.2, -0.15) is 13.2 Å². The van der Waals surface area contributed by atoms with Gasteiger partial charge >= 0.3 is 12.1 Å². The van der Waals surface area contributed by atoms with Crippen molar-refractivity contribution in [2.45, 2.75) is 32.4 Å². The van der Waals surface area contributed by atoms with E-state index >= 15 is 0 Å². The van der Waals surface area contributed by atoms with Crippen LogP contribution in [0.5, 0.6) is 0 Å². The smallest absolute Gasteiger partial charge is 0.418 e. The normalized spacial score (nSPS) is 11.4. The molecule has 20 heavy (non-hydrogen) atoms. The van der Waals surface area contributed by atoms with Gasteiger partial charge in [-0.1, -0.05) is 25.5 Å². The zero-order chi connectivity index (χ0) is 15.2. The lowest BCUT2D eigenvalue weighted by Crippen LogP contribution is -2.29. The fraction of sp³-hybridized carbons (Fsp3) is 0.500. The second-order valence-corrected chi connectivity index (χ2v) is 4.50. The number of rotatable bonds is 7. The first-order valence-electron chi connectivity index (χ1n) is 6.49. The van der Waals surface area contributed by atoms with Crippen LogP contribution in [0.3, 0.4) is 0 Å². The predicted octanol–water partition coefficient (Wildman–Crippen LogP) is 3.79. The number of nitrogens with zero attached hydrogens (tertiary/aromatic N) is 1. The number of benzene rings is 1. The highest BCUT2D eigenvalue weighted by Gasteiger charge is 2.34. The Balaban J connectivity index is 3.02. The number of hydrogen-bond acceptors (Lipinski definition) is 2. The van der Waals surface area contributed by atoms with E-state index in [0.717, 1.165) is 12.5 Å². The maximum atomic E-state index is 13.0. The number of hydrogen-bond donors (Lipinski definition) is 1. The standard InChI is InChI=1S/C14H18F3NO2/c1-2-3-9-18(10-8-13(19)20)12-7-5-4-6-11(12)14(15,16)17/h4-7H,2-3,8-10H2,1H3,(H,19,20). The fourth-order valence-electron chi connectivity index (χ4n) is 1.92. The maximum Gasteiger partial charge on any atom is 0.418 e. The molecule has 0 aliphatic rings. The molecule has 1 aromatic rings. The number of halogens is 3. The molecule has 0 spiro atoms. The first-order valence-corrected chi connectivity index (χ1v) is 6.49. The monoisotopic (exact) mass is 289 g/mol. The van der Waals surface area contributed by atoms with Gasteiger partial charge in [0.2, 0.25) is 0 Å². The molecule has 1 rings (SSSR count). The average molecular weight is 289 g/mol. The molecule has 0 saturated carbocycles. The Bertz CT molecular complexity index is 446. The van der Waals surface area contributed by atoms with Crippen molar-refractivity contribution < 1.29 is 23.1 Å². The summed E-state index contributed by atoms with van der Waals surface area (Å²) in [6, 6.07) is 5.28. The summed E-state index contributed by atoms with van der Waals surface area (Å²) in [4.78, 5) is 12.1. The SMILES string of the molecule is CCCCN(CCC(=O)O)c1ccccc1C(F)(F)F. The van der Waals surface area contributed by atoms with Crippen LogP contribution in [0, 0.1) is 0 Å². The third-order valence-electron chi connectivity index (χ3n) is 2.93. The first kappa shape index (κ1) is 16.3. The Morgan fingerprint density at radius 1 is 1.25 bits per heavy atom. The van der Waals surface area contributed by atoms with Crippen LogP contribution in [0.15, 0.2) is 24.3 Å². The summed E-state index contributed by atoms with van der Waals surface area (Å²) in [6.45, 7) is 2.42. The summed E-state index contributed by atoms with van der Waals surface area (Å²) >= 11 is 0. The number of para-hydroxylation sites is 1. The molecule has 0 saturated heterocycles. The van der Waals surface area contributed by atoms with Crippen molar-refractivity contribution in [2.75, 3.05) is 18.0 Å². The molecule has 0 heterocycles. The highest BCUT2D eigenvalue weighted by Crippen LogP contribution is 2.36. The van der Waals surface area contributed by atoms with Gasteiger partial charge in [-0.15, -0.1) is 0 Å². The van der Waals surface area contributed by atoms with Crippen LogP contribution < -0.4 is 4.90 Å². The van der Waals surface area contributed by atoms with Gasteiger partial charge in [0.05, 0.1) is 12.0 Å². The van der Waals surface area contributed by atoms with E-state index in [1.165, 1.54) is 23.1 Å². The van der Waals surface area contributed by atoms with Crippen LogP contribution >= 0.6 is 0 Å². The maximum absolute atomic E-state index is 13.0. The quantitative estimate of drug-likeness (QED) is 0.830. The van der Waals surface area contributed by atoms with Crippen molar-refractivity contribution in [3.05, 3.63) is 29.8 Å². The zero-order valence-corrected chi connectivity index (χ0v) is 11.3. The number of unbranched alkanes of at least 4 members (excludes halogenated alkanes) is 1. The second kappa shape index (κ2) is 7.17. The Hall–Kier alpha value is -1.72. The molecule has 0 aliphatic carbocycles. The van der Waals surface area contributed by atoms with E-state index in [1.54, 1.807) is 0 Å². The molecule has 1 N–H and O–H groups in total. The van der Waals surface area contributed by atoms with E-state index in [0.29, 0.717) is 13.0 Å². The minimum absolute atomic E-state index is 0.0506. The van der Waals surface area contributed by atoms with Crippen molar-refractivity contribution in [1.29, 1.82) is 0 Å². The fourth-order valence-corrected chi connectivity index (χ4v) is 1.92. The summed E-state index contributed by atoms with van der Waals surface area (Å²) in [5.41, 5.74) is -0.670. The highest BCUT2D eigenvalue weighted by atomic mass is 19.4. The van der Waals surface area contributed by atoms with Gasteiger partial charge in [0.25, 0.3) is 0 Å². The first-order chi connectivity index (χ1) is 9.36. The minimum atomic E-state index is -4.44. The molecule has 0 amide bonds. The van der Waals surface area contributed by atoms with Crippen LogP contribution in [0.1, 0.15) is 31.7 Å². The number of anilines is 1. The summed E-state index contributed by atoms with van der Waals surface area (Å²) in [7, 11) is 0. The largest absolute Gasteiger partial charge is 0.481 e. The Kier molecular flexibility index (Phi) is 5.85. The summed E-state index contributed by atoms with van der Waals surface area (Å²) in [5.74, 6) is -1.02. The van der Waals surface area contributed by atoms with Gasteiger partial charge in [0, 0.05) is 18.8 Å². The second-order valence-electron chi connectivity index (χ2n) is 4.50. The van der Waals surface area contributed by atoms with Crippen LogP contribution in [0.2, 0.25) is 0 Å². The number of aliphatic carboxylic acids is 1. The molecular formula is C14H18F3NO2. The molecule has 0 fully saturated rings. The average Bonchev–Trinajstić information content (AvgIpc) is 2.37. The number of carboxylic acids is 1. The minimum Gasteiger partial charge on any atom is -0.481 e. The lowest BCUT2D eigenvalue weighted by atomic mass is 10.1. The van der Waals surface area contributed by atoms with E-state index in [-0.39, 0.29) is 18.7 Å². The molecule has 0 atom stereocenters. The lowest BCUT2D eigenvalue weighted by Gasteiger charge is -2.27. The third-order valence-corrected chi connectivity index (χ3v) is 2.93. The Morgan fingerprint density at radius 3 is 2.45 bits per heavy atom. The van der Waals surface area contributed by atoms with Crippen LogP contribution in [-0.4, -0.2) is 24.2 Å². The van der Waals surface area contributed by atoms with Crippen molar-refractivity contribution in [1.82, 2.24) is 0 Å². The molecule has 0 aromatic heterocycles. The number of alkyl halides is 3. The van der Waals surface area contributed by atoms with Gasteiger partial charge in [-0.05, 0) is 18.6 Å². The molecule has 0 unspecified atom stereocenters. The molecule has 6 heteroatoms. The van der Waals surface area contributed by atoms with Gasteiger partial charge < -0.3 is 10.0 Å². The van der Waals surface area contributed by atoms with Crippen molar-refractivity contribution >= 4 is 11.7 Å². The lowest BCUT2D eigenvalue weighted by molar-refractivity contribution is -0.137. The van der Waals surface area contributed by atoms with Gasteiger partial charge in [-0.3, -0.25) is 4.79 Å². The summed E-state index contributed by atoms with van der Waals surface area (Å²) in [6.07, 6.45) is -3.08. The Morgan fingerprint density at radius 2 is 1.90 bits per heavy atom. The molecule has 112 valence electrons.